The summed E-state index contributed by atoms with van der Waals surface area (Å²) in [5.74, 6) is 1.62. The van der Waals surface area contributed by atoms with Gasteiger partial charge in [0.1, 0.15) is 35.6 Å². The SMILES string of the molecule is C#Cc1c(F)ccc2cccc(-c3ncc4c(N(C)[C@@H]5CCN[C@@H]5C=C)nc(OC[C@@]56CCCN5C[C@H](F)C6)nc4c3F)c12. The third kappa shape index (κ3) is 4.57. The highest BCUT2D eigenvalue weighted by atomic mass is 19.1. The second kappa shape index (κ2) is 11.1. The van der Waals surface area contributed by atoms with Crippen molar-refractivity contribution in [1.82, 2.24) is 25.2 Å². The number of ether oxygens (including phenoxy) is 1. The van der Waals surface area contributed by atoms with E-state index in [-0.39, 0.29) is 41.5 Å². The number of terminal acetylenes is 1. The molecule has 0 saturated carbocycles. The average Bonchev–Trinajstić information content (AvgIpc) is 3.74. The van der Waals surface area contributed by atoms with Crippen LogP contribution in [0.5, 0.6) is 6.01 Å². The van der Waals surface area contributed by atoms with Gasteiger partial charge in [-0.1, -0.05) is 36.3 Å². The molecule has 3 fully saturated rings. The number of hydrogen-bond donors (Lipinski definition) is 1. The van der Waals surface area contributed by atoms with Crippen LogP contribution in [-0.2, 0) is 0 Å². The van der Waals surface area contributed by atoms with E-state index in [2.05, 4.69) is 32.7 Å². The smallest absolute Gasteiger partial charge is 0.319 e. The minimum Gasteiger partial charge on any atom is -0.461 e. The predicted octanol–water partition coefficient (Wildman–Crippen LogP) is 5.41. The zero-order valence-electron chi connectivity index (χ0n) is 24.5. The van der Waals surface area contributed by atoms with Gasteiger partial charge in [-0.15, -0.1) is 13.0 Å². The molecule has 0 aliphatic carbocycles. The van der Waals surface area contributed by atoms with Gasteiger partial charge in [0, 0.05) is 43.2 Å². The van der Waals surface area contributed by atoms with E-state index in [0.29, 0.717) is 40.5 Å². The van der Waals surface area contributed by atoms with Crippen LogP contribution in [-0.4, -0.2) is 76.9 Å². The highest BCUT2D eigenvalue weighted by Gasteiger charge is 2.49. The van der Waals surface area contributed by atoms with Crippen LogP contribution in [0.3, 0.4) is 0 Å². The Labute approximate surface area is 254 Å². The van der Waals surface area contributed by atoms with E-state index < -0.39 is 23.3 Å². The fourth-order valence-electron chi connectivity index (χ4n) is 7.43. The highest BCUT2D eigenvalue weighted by molar-refractivity contribution is 6.02. The first-order chi connectivity index (χ1) is 21.3. The number of fused-ring (bicyclic) bond motifs is 3. The van der Waals surface area contributed by atoms with Gasteiger partial charge in [-0.05, 0) is 43.8 Å². The van der Waals surface area contributed by atoms with Gasteiger partial charge in [0.25, 0.3) is 0 Å². The molecule has 7 rings (SSSR count). The van der Waals surface area contributed by atoms with Crippen LogP contribution in [0, 0.1) is 24.0 Å². The summed E-state index contributed by atoms with van der Waals surface area (Å²) in [4.78, 5) is 18.0. The molecule has 5 heterocycles. The van der Waals surface area contributed by atoms with Crippen LogP contribution in [0.1, 0.15) is 31.2 Å². The number of alkyl halides is 1. The zero-order valence-corrected chi connectivity index (χ0v) is 24.5. The lowest BCUT2D eigenvalue weighted by molar-refractivity contribution is 0.107. The molecule has 44 heavy (non-hydrogen) atoms. The molecule has 10 heteroatoms. The fraction of sp³-hybridized carbons (Fsp3) is 0.382. The molecule has 0 bridgehead atoms. The van der Waals surface area contributed by atoms with E-state index >= 15 is 4.39 Å². The summed E-state index contributed by atoms with van der Waals surface area (Å²) in [6, 6.07) is 8.15. The quantitative estimate of drug-likeness (QED) is 0.225. The van der Waals surface area contributed by atoms with Gasteiger partial charge in [-0.25, -0.2) is 13.2 Å². The molecule has 4 aromatic rings. The van der Waals surface area contributed by atoms with Crippen molar-refractivity contribution in [3.8, 4) is 29.6 Å². The molecule has 226 valence electrons. The van der Waals surface area contributed by atoms with Crippen LogP contribution < -0.4 is 15.0 Å². The molecule has 1 N–H and O–H groups in total. The Morgan fingerprint density at radius 2 is 2.14 bits per heavy atom. The Morgan fingerprint density at radius 3 is 2.95 bits per heavy atom. The summed E-state index contributed by atoms with van der Waals surface area (Å²) in [7, 11) is 1.90. The van der Waals surface area contributed by atoms with Crippen molar-refractivity contribution < 1.29 is 17.9 Å². The molecule has 0 spiro atoms. The number of pyridine rings is 1. The maximum atomic E-state index is 16.7. The Morgan fingerprint density at radius 1 is 1.27 bits per heavy atom. The van der Waals surface area contributed by atoms with Gasteiger partial charge in [-0.2, -0.15) is 9.97 Å². The molecule has 0 amide bonds. The van der Waals surface area contributed by atoms with E-state index in [0.717, 1.165) is 32.4 Å². The van der Waals surface area contributed by atoms with E-state index in [1.165, 1.54) is 6.07 Å². The van der Waals surface area contributed by atoms with Crippen LogP contribution in [0.15, 0.2) is 49.2 Å². The fourth-order valence-corrected chi connectivity index (χ4v) is 7.43. The van der Waals surface area contributed by atoms with Crippen molar-refractivity contribution >= 4 is 27.5 Å². The number of rotatable bonds is 7. The molecule has 2 aromatic carbocycles. The molecule has 3 aliphatic heterocycles. The number of nitrogens with one attached hydrogen (secondary N) is 1. The van der Waals surface area contributed by atoms with E-state index in [4.69, 9.17) is 16.1 Å². The average molecular weight is 599 g/mol. The summed E-state index contributed by atoms with van der Waals surface area (Å²) >= 11 is 0. The van der Waals surface area contributed by atoms with Crippen LogP contribution in [0.25, 0.3) is 32.9 Å². The van der Waals surface area contributed by atoms with Crippen molar-refractivity contribution in [2.75, 3.05) is 38.2 Å². The van der Waals surface area contributed by atoms with Crippen LogP contribution >= 0.6 is 0 Å². The Bertz CT molecular complexity index is 1830. The Balaban J connectivity index is 1.37. The highest BCUT2D eigenvalue weighted by Crippen LogP contribution is 2.41. The zero-order chi connectivity index (χ0) is 30.6. The number of anilines is 1. The number of nitrogens with zero attached hydrogens (tertiary/aromatic N) is 5. The third-order valence-electron chi connectivity index (χ3n) is 9.59. The largest absolute Gasteiger partial charge is 0.461 e. The summed E-state index contributed by atoms with van der Waals surface area (Å²) in [6.45, 7) is 6.18. The predicted molar refractivity (Wildman–Crippen MR) is 165 cm³/mol. The second-order valence-corrected chi connectivity index (χ2v) is 12.0. The lowest BCUT2D eigenvalue weighted by Gasteiger charge is -2.32. The lowest BCUT2D eigenvalue weighted by atomic mass is 9.95. The topological polar surface area (TPSA) is 66.4 Å². The minimum absolute atomic E-state index is 0.00476. The summed E-state index contributed by atoms with van der Waals surface area (Å²) in [5.41, 5.74) is -0.00894. The molecule has 3 saturated heterocycles. The first-order valence-corrected chi connectivity index (χ1v) is 15.0. The van der Waals surface area contributed by atoms with Gasteiger partial charge in [0.05, 0.1) is 22.5 Å². The van der Waals surface area contributed by atoms with Gasteiger partial charge < -0.3 is 15.0 Å². The number of aromatic nitrogens is 3. The van der Waals surface area contributed by atoms with Gasteiger partial charge in [0.15, 0.2) is 5.82 Å². The van der Waals surface area contributed by atoms with Crippen molar-refractivity contribution in [2.24, 2.45) is 0 Å². The first kappa shape index (κ1) is 28.6. The maximum Gasteiger partial charge on any atom is 0.319 e. The number of benzene rings is 2. The normalized spacial score (nSPS) is 24.9. The molecular formula is C34H33F3N6O. The van der Waals surface area contributed by atoms with Gasteiger partial charge >= 0.3 is 6.01 Å². The van der Waals surface area contributed by atoms with Crippen LogP contribution in [0.2, 0.25) is 0 Å². The van der Waals surface area contributed by atoms with E-state index in [1.807, 2.05) is 18.0 Å². The second-order valence-electron chi connectivity index (χ2n) is 12.0. The molecule has 0 radical (unpaired) electrons. The number of likely N-dealkylation sites (N-methyl/N-ethyl adjacent to an activating group) is 1. The molecule has 4 atom stereocenters. The molecular weight excluding hydrogens is 565 g/mol. The van der Waals surface area contributed by atoms with E-state index in [1.54, 1.807) is 30.5 Å². The molecule has 0 unspecified atom stereocenters. The minimum atomic E-state index is -0.909. The number of halogens is 3. The van der Waals surface area contributed by atoms with Crippen LogP contribution in [0.4, 0.5) is 19.0 Å². The molecule has 2 aromatic heterocycles. The number of hydrogen-bond acceptors (Lipinski definition) is 7. The maximum absolute atomic E-state index is 16.7. The summed E-state index contributed by atoms with van der Waals surface area (Å²) in [5, 5.41) is 4.89. The first-order valence-electron chi connectivity index (χ1n) is 15.0. The molecule has 7 nitrogen and oxygen atoms in total. The van der Waals surface area contributed by atoms with Crippen molar-refractivity contribution in [1.29, 1.82) is 0 Å². The third-order valence-corrected chi connectivity index (χ3v) is 9.59. The van der Waals surface area contributed by atoms with Crippen molar-refractivity contribution in [2.45, 2.75) is 49.5 Å². The lowest BCUT2D eigenvalue weighted by Crippen LogP contribution is -2.43. The standard InChI is InChI=1S/C34H33F3N6O/c1-4-22-25(36)11-10-20-8-6-9-23(28(20)22)30-29(37)31-24(17-39-30)32(42(3)27-12-14-38-26(27)5-2)41-33(40-31)44-19-34-13-7-15-43(34)18-21(35)16-34/h1,5-6,8-11,17,21,26-27,38H,2,7,12-16,18-19H2,3H3/t21-,26-,27-,34+/m1/s1. The van der Waals surface area contributed by atoms with E-state index in [9.17, 15) is 8.78 Å². The Kier molecular flexibility index (Phi) is 7.18. The van der Waals surface area contributed by atoms with Crippen molar-refractivity contribution in [3.05, 3.63) is 66.4 Å². The van der Waals surface area contributed by atoms with Gasteiger partial charge in [0.2, 0.25) is 0 Å². The monoisotopic (exact) mass is 598 g/mol. The molecule has 3 aliphatic rings. The summed E-state index contributed by atoms with van der Waals surface area (Å²) < 4.78 is 52.1. The Hall–Kier alpha value is -4.20. The van der Waals surface area contributed by atoms with Gasteiger partial charge in [-0.3, -0.25) is 9.88 Å². The van der Waals surface area contributed by atoms with Crippen molar-refractivity contribution in [3.63, 3.8) is 0 Å². The summed E-state index contributed by atoms with van der Waals surface area (Å²) in [6.07, 6.45) is 11.2.